The van der Waals surface area contributed by atoms with Crippen molar-refractivity contribution in [3.8, 4) is 11.5 Å². The first-order chi connectivity index (χ1) is 19.2. The van der Waals surface area contributed by atoms with Gasteiger partial charge in [0.2, 0.25) is 5.91 Å². The predicted molar refractivity (Wildman–Crippen MR) is 150 cm³/mol. The Balaban J connectivity index is 1.14. The van der Waals surface area contributed by atoms with E-state index in [1.54, 1.807) is 42.2 Å². The lowest BCUT2D eigenvalue weighted by molar-refractivity contribution is -0.116. The van der Waals surface area contributed by atoms with Crippen LogP contribution in [-0.4, -0.2) is 69.3 Å². The number of aryl methyl sites for hydroxylation is 3. The van der Waals surface area contributed by atoms with Gasteiger partial charge < -0.3 is 34.1 Å². The Morgan fingerprint density at radius 3 is 2.67 bits per heavy atom. The van der Waals surface area contributed by atoms with Crippen LogP contribution in [0.15, 0.2) is 35.6 Å². The molecule has 1 fully saturated rings. The summed E-state index contributed by atoms with van der Waals surface area (Å²) in [5.41, 5.74) is 1.95. The maximum absolute atomic E-state index is 13.0. The lowest BCUT2D eigenvalue weighted by Crippen LogP contribution is -2.35. The van der Waals surface area contributed by atoms with E-state index in [4.69, 9.17) is 9.47 Å². The molecule has 40 heavy (non-hydrogen) atoms. The number of fused-ring (bicyclic) bond motifs is 2. The molecule has 0 aliphatic carbocycles. The molecule has 12 heteroatoms. The second kappa shape index (κ2) is 11.2. The summed E-state index contributed by atoms with van der Waals surface area (Å²) in [7, 11) is 5.11. The number of imidazole rings is 1. The van der Waals surface area contributed by atoms with Crippen LogP contribution in [0.4, 0.5) is 17.2 Å². The summed E-state index contributed by atoms with van der Waals surface area (Å²) in [5.74, 6) is 1.58. The highest BCUT2D eigenvalue weighted by atomic mass is 16.5. The number of anilines is 2. The minimum atomic E-state index is -0.323. The number of carbonyl (C=O) groups is 3. The molecule has 1 aromatic carbocycles. The molecule has 210 valence electrons. The Labute approximate surface area is 232 Å². The number of hydrogen-bond acceptors (Lipinski definition) is 7. The molecule has 0 bridgehead atoms. The van der Waals surface area contributed by atoms with E-state index in [2.05, 4.69) is 20.6 Å². The summed E-state index contributed by atoms with van der Waals surface area (Å²) in [5, 5.41) is 5.60. The molecule has 0 spiro atoms. The Morgan fingerprint density at radius 2 is 1.93 bits per heavy atom. The van der Waals surface area contributed by atoms with Crippen molar-refractivity contribution in [1.29, 1.82) is 0 Å². The second-order valence-electron chi connectivity index (χ2n) is 9.97. The molecule has 2 N–H and O–H groups in total. The Hall–Kier alpha value is -4.61. The molecular weight excluding hydrogens is 514 g/mol. The van der Waals surface area contributed by atoms with Gasteiger partial charge >= 0.3 is 0 Å². The number of nitrogens with one attached hydrogen (secondary N) is 2. The number of aromatic nitrogens is 3. The fraction of sp³-hybridized carbons (Fsp3) is 0.393. The van der Waals surface area contributed by atoms with Crippen molar-refractivity contribution in [3.05, 3.63) is 47.7 Å². The van der Waals surface area contributed by atoms with Crippen molar-refractivity contribution in [3.63, 3.8) is 0 Å². The van der Waals surface area contributed by atoms with Crippen LogP contribution < -0.4 is 20.1 Å². The van der Waals surface area contributed by atoms with Gasteiger partial charge in [-0.1, -0.05) is 0 Å². The standard InChI is InChI=1S/C28H33N7O5/c1-17-30-25(16-33(17)2)32-27(37)22-11-18(15-34(22)3)31-26(36)8-6-10-40-24-13-21-20(12-23(24)39-4)28(38)35-9-5-7-19(35)14-29-21/h11-16,19H,5-10H2,1-4H3,(H,31,36)(H,32,37)/t19-/m0/s1. The van der Waals surface area contributed by atoms with Crippen LogP contribution in [0.5, 0.6) is 11.5 Å². The summed E-state index contributed by atoms with van der Waals surface area (Å²) in [6.45, 7) is 2.83. The number of amides is 3. The van der Waals surface area contributed by atoms with Gasteiger partial charge in [-0.05, 0) is 38.3 Å². The minimum absolute atomic E-state index is 0.0222. The predicted octanol–water partition coefficient (Wildman–Crippen LogP) is 3.45. The van der Waals surface area contributed by atoms with E-state index >= 15 is 0 Å². The molecule has 3 aromatic rings. The Bertz CT molecular complexity index is 1470. The molecule has 12 nitrogen and oxygen atoms in total. The molecular formula is C28H33N7O5. The fourth-order valence-corrected chi connectivity index (χ4v) is 4.92. The molecule has 0 saturated carbocycles. The smallest absolute Gasteiger partial charge is 0.273 e. The number of hydrogen-bond donors (Lipinski definition) is 2. The van der Waals surface area contributed by atoms with Crippen molar-refractivity contribution < 1.29 is 23.9 Å². The molecule has 4 heterocycles. The number of carbonyl (C=O) groups excluding carboxylic acids is 3. The summed E-state index contributed by atoms with van der Waals surface area (Å²) >= 11 is 0. The van der Waals surface area contributed by atoms with Gasteiger partial charge in [-0.25, -0.2) is 4.98 Å². The zero-order chi connectivity index (χ0) is 28.4. The quantitative estimate of drug-likeness (QED) is 0.395. The molecule has 1 atom stereocenters. The van der Waals surface area contributed by atoms with Crippen molar-refractivity contribution in [2.75, 3.05) is 30.9 Å². The third-order valence-corrected chi connectivity index (χ3v) is 7.14. The van der Waals surface area contributed by atoms with Crippen LogP contribution in [0, 0.1) is 6.92 Å². The zero-order valence-corrected chi connectivity index (χ0v) is 23.1. The largest absolute Gasteiger partial charge is 0.493 e. The van der Waals surface area contributed by atoms with Gasteiger partial charge in [-0.2, -0.15) is 0 Å². The lowest BCUT2D eigenvalue weighted by atomic mass is 10.1. The third-order valence-electron chi connectivity index (χ3n) is 7.14. The van der Waals surface area contributed by atoms with E-state index in [1.807, 2.05) is 29.7 Å². The normalized spacial score (nSPS) is 15.8. The van der Waals surface area contributed by atoms with Crippen LogP contribution >= 0.6 is 0 Å². The van der Waals surface area contributed by atoms with Crippen LogP contribution in [-0.2, 0) is 18.9 Å². The van der Waals surface area contributed by atoms with Crippen LogP contribution in [0.3, 0.4) is 0 Å². The first-order valence-corrected chi connectivity index (χ1v) is 13.2. The van der Waals surface area contributed by atoms with Gasteiger partial charge in [0.1, 0.15) is 11.5 Å². The number of benzene rings is 1. The van der Waals surface area contributed by atoms with Crippen LogP contribution in [0.2, 0.25) is 0 Å². The SMILES string of the molecule is COc1cc2c(cc1OCCCC(=O)Nc1cc(C(=O)Nc3cn(C)c(C)n3)n(C)c1)N=C[C@@H]1CCCN1C2=O. The van der Waals surface area contributed by atoms with Gasteiger partial charge in [0.25, 0.3) is 11.8 Å². The van der Waals surface area contributed by atoms with E-state index in [1.165, 1.54) is 7.11 Å². The topological polar surface area (TPSA) is 132 Å². The van der Waals surface area contributed by atoms with E-state index in [9.17, 15) is 14.4 Å². The highest BCUT2D eigenvalue weighted by Crippen LogP contribution is 2.38. The van der Waals surface area contributed by atoms with E-state index in [-0.39, 0.29) is 36.8 Å². The molecule has 3 amide bonds. The summed E-state index contributed by atoms with van der Waals surface area (Å²) in [6.07, 6.45) is 7.78. The highest BCUT2D eigenvalue weighted by molar-refractivity contribution is 6.04. The van der Waals surface area contributed by atoms with Gasteiger partial charge in [0.15, 0.2) is 17.3 Å². The molecule has 2 aliphatic heterocycles. The van der Waals surface area contributed by atoms with E-state index < -0.39 is 0 Å². The van der Waals surface area contributed by atoms with Crippen LogP contribution in [0.1, 0.15) is 52.4 Å². The van der Waals surface area contributed by atoms with Crippen molar-refractivity contribution in [2.24, 2.45) is 19.1 Å². The average Bonchev–Trinajstić information content (AvgIpc) is 3.61. The van der Waals surface area contributed by atoms with Crippen molar-refractivity contribution in [1.82, 2.24) is 19.0 Å². The maximum atomic E-state index is 13.0. The van der Waals surface area contributed by atoms with E-state index in [0.29, 0.717) is 46.4 Å². The van der Waals surface area contributed by atoms with Gasteiger partial charge in [0.05, 0.1) is 36.7 Å². The number of ether oxygens (including phenoxy) is 2. The molecule has 5 rings (SSSR count). The molecule has 1 saturated heterocycles. The van der Waals surface area contributed by atoms with E-state index in [0.717, 1.165) is 25.2 Å². The maximum Gasteiger partial charge on any atom is 0.273 e. The van der Waals surface area contributed by atoms with Gasteiger partial charge in [0, 0.05) is 51.7 Å². The minimum Gasteiger partial charge on any atom is -0.493 e. The lowest BCUT2D eigenvalue weighted by Gasteiger charge is -2.20. The molecule has 2 aromatic heterocycles. The van der Waals surface area contributed by atoms with Crippen LogP contribution in [0.25, 0.3) is 0 Å². The van der Waals surface area contributed by atoms with Gasteiger partial charge in [-0.3, -0.25) is 19.4 Å². The number of rotatable bonds is 9. The zero-order valence-electron chi connectivity index (χ0n) is 23.1. The monoisotopic (exact) mass is 547 g/mol. The summed E-state index contributed by atoms with van der Waals surface area (Å²) < 4.78 is 14.9. The first kappa shape index (κ1) is 27.0. The number of aliphatic imine (C=N–C) groups is 1. The fourth-order valence-electron chi connectivity index (χ4n) is 4.92. The molecule has 2 aliphatic rings. The second-order valence-corrected chi connectivity index (χ2v) is 9.97. The summed E-state index contributed by atoms with van der Waals surface area (Å²) in [4.78, 5) is 48.9. The Morgan fingerprint density at radius 1 is 1.10 bits per heavy atom. The number of methoxy groups -OCH3 is 1. The average molecular weight is 548 g/mol. The molecule has 0 radical (unpaired) electrons. The summed E-state index contributed by atoms with van der Waals surface area (Å²) in [6, 6.07) is 5.03. The first-order valence-electron chi connectivity index (χ1n) is 13.2. The number of nitrogens with zero attached hydrogens (tertiary/aromatic N) is 5. The van der Waals surface area contributed by atoms with Crippen molar-refractivity contribution >= 4 is 41.1 Å². The van der Waals surface area contributed by atoms with Crippen molar-refractivity contribution in [2.45, 2.75) is 38.6 Å². The highest BCUT2D eigenvalue weighted by Gasteiger charge is 2.32. The Kier molecular flexibility index (Phi) is 7.58. The molecule has 0 unspecified atom stereocenters. The van der Waals surface area contributed by atoms with Gasteiger partial charge in [-0.15, -0.1) is 0 Å². The third kappa shape index (κ3) is 5.56.